The van der Waals surface area contributed by atoms with Crippen molar-refractivity contribution in [1.29, 1.82) is 0 Å². The Kier molecular flexibility index (Phi) is 6.72. The largest absolute Gasteiger partial charge is 0.444 e. The number of nitrogens with zero attached hydrogens (tertiary/aromatic N) is 2. The van der Waals surface area contributed by atoms with Gasteiger partial charge in [-0.2, -0.15) is 0 Å². The van der Waals surface area contributed by atoms with E-state index in [9.17, 15) is 4.79 Å². The van der Waals surface area contributed by atoms with Crippen LogP contribution in [0, 0.1) is 0 Å². The molecule has 0 aromatic heterocycles. The Morgan fingerprint density at radius 1 is 1.13 bits per heavy atom. The number of nitrogens with one attached hydrogen (secondary N) is 1. The molecule has 2 fully saturated rings. The Morgan fingerprint density at radius 2 is 1.78 bits per heavy atom. The maximum atomic E-state index is 12.5. The smallest absolute Gasteiger partial charge is 0.410 e. The zero-order valence-electron chi connectivity index (χ0n) is 15.4. The summed E-state index contributed by atoms with van der Waals surface area (Å²) in [6.07, 6.45) is 8.15. The summed E-state index contributed by atoms with van der Waals surface area (Å²) in [7, 11) is 0. The molecule has 134 valence electrons. The third kappa shape index (κ3) is 6.30. The summed E-state index contributed by atoms with van der Waals surface area (Å²) in [5.41, 5.74) is 3.21. The molecule has 2 unspecified atom stereocenters. The van der Waals surface area contributed by atoms with Crippen LogP contribution in [0.4, 0.5) is 4.79 Å². The van der Waals surface area contributed by atoms with Gasteiger partial charge in [0.05, 0.1) is 0 Å². The van der Waals surface area contributed by atoms with Gasteiger partial charge in [-0.15, -0.1) is 0 Å². The third-order valence-electron chi connectivity index (χ3n) is 4.64. The summed E-state index contributed by atoms with van der Waals surface area (Å²) in [5, 5.41) is 2.36. The van der Waals surface area contributed by atoms with Crippen molar-refractivity contribution in [2.45, 2.75) is 90.3 Å². The lowest BCUT2D eigenvalue weighted by Crippen LogP contribution is -2.51. The molecule has 0 bridgehead atoms. The maximum Gasteiger partial charge on any atom is 0.410 e. The second-order valence-electron chi connectivity index (χ2n) is 8.14. The molecule has 2 aliphatic rings. The first-order valence-electron chi connectivity index (χ1n) is 9.36. The van der Waals surface area contributed by atoms with Gasteiger partial charge in [0.15, 0.2) is 0 Å². The van der Waals surface area contributed by atoms with E-state index in [2.05, 4.69) is 17.4 Å². The second-order valence-corrected chi connectivity index (χ2v) is 8.14. The zero-order chi connectivity index (χ0) is 16.9. The predicted molar refractivity (Wildman–Crippen MR) is 93.2 cm³/mol. The van der Waals surface area contributed by atoms with E-state index in [0.717, 1.165) is 38.9 Å². The molecule has 1 amide bonds. The monoisotopic (exact) mass is 325 g/mol. The van der Waals surface area contributed by atoms with Crippen molar-refractivity contribution in [1.82, 2.24) is 15.3 Å². The van der Waals surface area contributed by atoms with Crippen LogP contribution < -0.4 is 5.43 Å². The number of likely N-dealkylation sites (tertiary alicyclic amines) is 1. The van der Waals surface area contributed by atoms with Gasteiger partial charge in [-0.1, -0.05) is 6.42 Å². The van der Waals surface area contributed by atoms with Crippen molar-refractivity contribution in [2.24, 2.45) is 0 Å². The molecule has 23 heavy (non-hydrogen) atoms. The second kappa shape index (κ2) is 8.34. The molecule has 0 aromatic carbocycles. The van der Waals surface area contributed by atoms with Crippen LogP contribution in [0.1, 0.15) is 72.6 Å². The van der Waals surface area contributed by atoms with Crippen LogP contribution in [-0.2, 0) is 4.74 Å². The summed E-state index contributed by atoms with van der Waals surface area (Å²) in [6.45, 7) is 11.2. The molecule has 0 spiro atoms. The van der Waals surface area contributed by atoms with Crippen LogP contribution in [0.5, 0.6) is 0 Å². The first kappa shape index (κ1) is 18.5. The van der Waals surface area contributed by atoms with E-state index in [0.29, 0.717) is 12.1 Å². The van der Waals surface area contributed by atoms with Gasteiger partial charge in [0.25, 0.3) is 0 Å². The molecule has 0 aliphatic carbocycles. The molecule has 2 aliphatic heterocycles. The van der Waals surface area contributed by atoms with Crippen LogP contribution in [0.25, 0.3) is 0 Å². The summed E-state index contributed by atoms with van der Waals surface area (Å²) < 4.78 is 5.60. The van der Waals surface area contributed by atoms with E-state index in [1.165, 1.54) is 25.7 Å². The molecule has 5 heteroatoms. The summed E-state index contributed by atoms with van der Waals surface area (Å²) >= 11 is 0. The number of hydrogen-bond donors (Lipinski definition) is 1. The number of amides is 1. The molecule has 2 rings (SSSR count). The third-order valence-corrected chi connectivity index (χ3v) is 4.64. The van der Waals surface area contributed by atoms with Gasteiger partial charge in [0.1, 0.15) is 5.60 Å². The van der Waals surface area contributed by atoms with E-state index in [4.69, 9.17) is 4.74 Å². The van der Waals surface area contributed by atoms with Gasteiger partial charge in [-0.05, 0) is 66.2 Å². The Bertz CT molecular complexity index is 375. The Labute approximate surface area is 141 Å². The van der Waals surface area contributed by atoms with Crippen molar-refractivity contribution >= 4 is 6.09 Å². The Balaban J connectivity index is 1.85. The van der Waals surface area contributed by atoms with E-state index >= 15 is 0 Å². The minimum atomic E-state index is -0.420. The van der Waals surface area contributed by atoms with Crippen molar-refractivity contribution in [3.05, 3.63) is 0 Å². The van der Waals surface area contributed by atoms with Gasteiger partial charge in [-0.3, -0.25) is 5.43 Å². The first-order valence-corrected chi connectivity index (χ1v) is 9.36. The highest BCUT2D eigenvalue weighted by Crippen LogP contribution is 2.23. The summed E-state index contributed by atoms with van der Waals surface area (Å²) in [4.78, 5) is 14.4. The van der Waals surface area contributed by atoms with Crippen LogP contribution in [-0.4, -0.2) is 53.3 Å². The molecule has 0 aromatic rings. The number of ether oxygens (including phenoxy) is 1. The highest BCUT2D eigenvalue weighted by molar-refractivity contribution is 5.68. The average molecular weight is 325 g/mol. The molecule has 0 saturated carbocycles. The summed E-state index contributed by atoms with van der Waals surface area (Å²) in [5.74, 6) is 0. The number of rotatable bonds is 4. The SMILES string of the molecule is CC(CC1CCCCN1C(=O)OC(C)(C)C)NN1CCCCC1. The van der Waals surface area contributed by atoms with Gasteiger partial charge in [0, 0.05) is 31.7 Å². The molecular weight excluding hydrogens is 290 g/mol. The lowest BCUT2D eigenvalue weighted by atomic mass is 9.97. The van der Waals surface area contributed by atoms with Crippen LogP contribution in [0.3, 0.4) is 0 Å². The van der Waals surface area contributed by atoms with Crippen LogP contribution in [0.15, 0.2) is 0 Å². The summed E-state index contributed by atoms with van der Waals surface area (Å²) in [6, 6.07) is 0.687. The van der Waals surface area contributed by atoms with Gasteiger partial charge in [-0.25, -0.2) is 9.80 Å². The van der Waals surface area contributed by atoms with Crippen molar-refractivity contribution in [3.63, 3.8) is 0 Å². The molecule has 1 N–H and O–H groups in total. The van der Waals surface area contributed by atoms with Crippen molar-refractivity contribution < 1.29 is 9.53 Å². The fourth-order valence-corrected chi connectivity index (χ4v) is 3.60. The highest BCUT2D eigenvalue weighted by Gasteiger charge is 2.31. The van der Waals surface area contributed by atoms with Crippen LogP contribution in [0.2, 0.25) is 0 Å². The molecule has 2 heterocycles. The quantitative estimate of drug-likeness (QED) is 0.858. The predicted octanol–water partition coefficient (Wildman–Crippen LogP) is 3.55. The number of piperidine rings is 2. The van der Waals surface area contributed by atoms with Gasteiger partial charge >= 0.3 is 6.09 Å². The first-order chi connectivity index (χ1) is 10.8. The molecule has 0 radical (unpaired) electrons. The Hall–Kier alpha value is -0.810. The molecule has 5 nitrogen and oxygen atoms in total. The molecule has 2 saturated heterocycles. The van der Waals surface area contributed by atoms with Crippen LogP contribution >= 0.6 is 0 Å². The normalized spacial score (nSPS) is 25.2. The number of hydrogen-bond acceptors (Lipinski definition) is 4. The average Bonchev–Trinajstić information content (AvgIpc) is 2.47. The van der Waals surface area contributed by atoms with E-state index in [1.54, 1.807) is 0 Å². The fraction of sp³-hybridized carbons (Fsp3) is 0.944. The molecule has 2 atom stereocenters. The highest BCUT2D eigenvalue weighted by atomic mass is 16.6. The minimum Gasteiger partial charge on any atom is -0.444 e. The number of hydrazine groups is 1. The zero-order valence-corrected chi connectivity index (χ0v) is 15.4. The minimum absolute atomic E-state index is 0.146. The lowest BCUT2D eigenvalue weighted by Gasteiger charge is -2.39. The standard InChI is InChI=1S/C18H35N3O2/c1-15(19-20-11-7-5-8-12-20)14-16-10-6-9-13-21(16)17(22)23-18(2,3)4/h15-16,19H,5-14H2,1-4H3. The lowest BCUT2D eigenvalue weighted by molar-refractivity contribution is 0.00622. The molecular formula is C18H35N3O2. The van der Waals surface area contributed by atoms with E-state index in [1.807, 2.05) is 25.7 Å². The van der Waals surface area contributed by atoms with Crippen molar-refractivity contribution in [3.8, 4) is 0 Å². The maximum absolute atomic E-state index is 12.5. The number of carbonyl (C=O) groups excluding carboxylic acids is 1. The fourth-order valence-electron chi connectivity index (χ4n) is 3.60. The van der Waals surface area contributed by atoms with E-state index < -0.39 is 5.60 Å². The van der Waals surface area contributed by atoms with Crippen molar-refractivity contribution in [2.75, 3.05) is 19.6 Å². The number of carbonyl (C=O) groups is 1. The van der Waals surface area contributed by atoms with E-state index in [-0.39, 0.29) is 6.09 Å². The Morgan fingerprint density at radius 3 is 2.43 bits per heavy atom. The van der Waals surface area contributed by atoms with Gasteiger partial charge in [0.2, 0.25) is 0 Å². The topological polar surface area (TPSA) is 44.8 Å². The van der Waals surface area contributed by atoms with Gasteiger partial charge < -0.3 is 9.64 Å².